The van der Waals surface area contributed by atoms with Gasteiger partial charge in [-0.15, -0.1) is 24.8 Å². The van der Waals surface area contributed by atoms with Crippen molar-refractivity contribution in [2.45, 2.75) is 26.3 Å². The van der Waals surface area contributed by atoms with Crippen molar-refractivity contribution in [3.63, 3.8) is 0 Å². The molecule has 2 saturated heterocycles. The van der Waals surface area contributed by atoms with Gasteiger partial charge in [0.25, 0.3) is 0 Å². The fourth-order valence-electron chi connectivity index (χ4n) is 4.11. The van der Waals surface area contributed by atoms with Crippen LogP contribution in [0, 0.1) is 12.3 Å². The quantitative estimate of drug-likeness (QED) is 0.798. The monoisotopic (exact) mass is 417 g/mol. The molecule has 154 valence electrons. The molecule has 1 aromatic carbocycles. The van der Waals surface area contributed by atoms with Gasteiger partial charge in [-0.3, -0.25) is 9.69 Å². The number of hydrogen-bond donors (Lipinski definition) is 1. The van der Waals surface area contributed by atoms with Crippen LogP contribution in [0.4, 0.5) is 0 Å². The Morgan fingerprint density at radius 2 is 1.81 bits per heavy atom. The molecule has 2 aliphatic heterocycles. The maximum atomic E-state index is 13.2. The predicted molar refractivity (Wildman–Crippen MR) is 114 cm³/mol. The van der Waals surface area contributed by atoms with E-state index in [9.17, 15) is 4.79 Å². The van der Waals surface area contributed by atoms with Crippen molar-refractivity contribution in [2.24, 2.45) is 5.41 Å². The number of carbonyl (C=O) groups is 1. The summed E-state index contributed by atoms with van der Waals surface area (Å²) >= 11 is 0. The van der Waals surface area contributed by atoms with Crippen LogP contribution in [0.25, 0.3) is 0 Å². The summed E-state index contributed by atoms with van der Waals surface area (Å²) in [6, 6.07) is 8.69. The number of piperazine rings is 1. The number of amides is 1. The van der Waals surface area contributed by atoms with E-state index in [0.29, 0.717) is 12.5 Å². The minimum Gasteiger partial charge on any atom is -0.384 e. The molecule has 0 unspecified atom stereocenters. The first-order chi connectivity index (χ1) is 12.1. The zero-order valence-corrected chi connectivity index (χ0v) is 18.0. The minimum absolute atomic E-state index is 0. The van der Waals surface area contributed by atoms with Crippen LogP contribution in [0.1, 0.15) is 24.0 Å². The van der Waals surface area contributed by atoms with Crippen molar-refractivity contribution in [2.75, 3.05) is 53.0 Å². The lowest BCUT2D eigenvalue weighted by Gasteiger charge is -2.42. The Morgan fingerprint density at radius 3 is 2.41 bits per heavy atom. The molecule has 0 radical (unpaired) electrons. The van der Waals surface area contributed by atoms with Gasteiger partial charge >= 0.3 is 0 Å². The maximum absolute atomic E-state index is 13.2. The van der Waals surface area contributed by atoms with Crippen molar-refractivity contribution in [1.82, 2.24) is 15.1 Å². The van der Waals surface area contributed by atoms with E-state index >= 15 is 0 Å². The van der Waals surface area contributed by atoms with E-state index in [4.69, 9.17) is 4.74 Å². The molecule has 2 heterocycles. The molecule has 1 aromatic rings. The molecular weight excluding hydrogens is 385 g/mol. The Kier molecular flexibility index (Phi) is 10.1. The Morgan fingerprint density at radius 1 is 1.15 bits per heavy atom. The smallest absolute Gasteiger partial charge is 0.231 e. The van der Waals surface area contributed by atoms with Gasteiger partial charge in [-0.2, -0.15) is 0 Å². The van der Waals surface area contributed by atoms with Crippen LogP contribution < -0.4 is 5.32 Å². The van der Waals surface area contributed by atoms with Gasteiger partial charge in [0, 0.05) is 39.8 Å². The Bertz CT molecular complexity index is 581. The van der Waals surface area contributed by atoms with Crippen LogP contribution in [0.15, 0.2) is 24.3 Å². The molecule has 0 atom stereocenters. The van der Waals surface area contributed by atoms with Crippen molar-refractivity contribution >= 4 is 30.7 Å². The van der Waals surface area contributed by atoms with E-state index in [1.54, 1.807) is 7.11 Å². The number of rotatable bonds is 5. The molecule has 3 rings (SSSR count). The van der Waals surface area contributed by atoms with Crippen molar-refractivity contribution in [3.05, 3.63) is 35.4 Å². The molecule has 7 heteroatoms. The highest BCUT2D eigenvalue weighted by molar-refractivity contribution is 5.85. The second-order valence-electron chi connectivity index (χ2n) is 7.52. The summed E-state index contributed by atoms with van der Waals surface area (Å²) in [6.45, 7) is 8.99. The molecule has 0 saturated carbocycles. The number of halogens is 2. The van der Waals surface area contributed by atoms with Gasteiger partial charge in [-0.25, -0.2) is 0 Å². The second-order valence-corrected chi connectivity index (χ2v) is 7.52. The molecule has 5 nitrogen and oxygen atoms in total. The number of aryl methyl sites for hydroxylation is 1. The molecule has 0 spiro atoms. The number of benzene rings is 1. The Labute approximate surface area is 175 Å². The number of methoxy groups -OCH3 is 1. The van der Waals surface area contributed by atoms with Crippen LogP contribution in [0.2, 0.25) is 0 Å². The maximum Gasteiger partial charge on any atom is 0.231 e. The van der Waals surface area contributed by atoms with Crippen molar-refractivity contribution in [1.29, 1.82) is 0 Å². The van der Waals surface area contributed by atoms with E-state index in [-0.39, 0.29) is 30.2 Å². The van der Waals surface area contributed by atoms with Crippen LogP contribution in [0.5, 0.6) is 0 Å². The highest BCUT2D eigenvalue weighted by Gasteiger charge is 2.42. The normalized spacial score (nSPS) is 19.7. The van der Waals surface area contributed by atoms with Gasteiger partial charge in [0.15, 0.2) is 0 Å². The van der Waals surface area contributed by atoms with E-state index in [2.05, 4.69) is 46.3 Å². The summed E-state index contributed by atoms with van der Waals surface area (Å²) in [4.78, 5) is 17.7. The summed E-state index contributed by atoms with van der Waals surface area (Å²) < 4.78 is 5.42. The highest BCUT2D eigenvalue weighted by atomic mass is 35.5. The minimum atomic E-state index is -0.321. The molecule has 0 aliphatic carbocycles. The zero-order valence-electron chi connectivity index (χ0n) is 16.4. The molecule has 1 N–H and O–H groups in total. The number of carbonyl (C=O) groups excluding carboxylic acids is 1. The lowest BCUT2D eigenvalue weighted by Crippen LogP contribution is -2.56. The number of hydrogen-bond acceptors (Lipinski definition) is 4. The van der Waals surface area contributed by atoms with Crippen molar-refractivity contribution in [3.8, 4) is 0 Å². The van der Waals surface area contributed by atoms with Crippen LogP contribution >= 0.6 is 24.8 Å². The van der Waals surface area contributed by atoms with Gasteiger partial charge < -0.3 is 15.0 Å². The third-order valence-electron chi connectivity index (χ3n) is 5.58. The van der Waals surface area contributed by atoms with Gasteiger partial charge in [-0.1, -0.05) is 29.8 Å². The second kappa shape index (κ2) is 11.2. The fraction of sp³-hybridized carbons (Fsp3) is 0.650. The largest absolute Gasteiger partial charge is 0.384 e. The molecule has 0 aromatic heterocycles. The molecule has 2 aliphatic rings. The summed E-state index contributed by atoms with van der Waals surface area (Å²) in [5.74, 6) is 0.297. The van der Waals surface area contributed by atoms with E-state index in [0.717, 1.165) is 58.7 Å². The van der Waals surface area contributed by atoms with E-state index in [1.807, 2.05) is 0 Å². The lowest BCUT2D eigenvalue weighted by atomic mass is 9.78. The Hall–Kier alpha value is -0.850. The first-order valence-corrected chi connectivity index (χ1v) is 9.40. The zero-order chi connectivity index (χ0) is 17.7. The third kappa shape index (κ3) is 6.06. The molecular formula is C20H33Cl2N3O2. The predicted octanol–water partition coefficient (Wildman–Crippen LogP) is 2.50. The van der Waals surface area contributed by atoms with Crippen LogP contribution in [-0.2, 0) is 16.1 Å². The molecule has 0 bridgehead atoms. The first-order valence-electron chi connectivity index (χ1n) is 9.40. The van der Waals surface area contributed by atoms with Gasteiger partial charge in [0.05, 0.1) is 12.0 Å². The summed E-state index contributed by atoms with van der Waals surface area (Å²) in [7, 11) is 1.71. The van der Waals surface area contributed by atoms with E-state index < -0.39 is 0 Å². The summed E-state index contributed by atoms with van der Waals surface area (Å²) in [5.41, 5.74) is 2.34. The number of nitrogens with one attached hydrogen (secondary N) is 1. The average Bonchev–Trinajstić information content (AvgIpc) is 2.63. The Balaban J connectivity index is 0.00000182. The fourth-order valence-corrected chi connectivity index (χ4v) is 4.11. The molecule has 27 heavy (non-hydrogen) atoms. The summed E-state index contributed by atoms with van der Waals surface area (Å²) in [6.07, 6.45) is 1.76. The first kappa shape index (κ1) is 24.2. The number of ether oxygens (including phenoxy) is 1. The van der Waals surface area contributed by atoms with Gasteiger partial charge in [0.2, 0.25) is 5.91 Å². The van der Waals surface area contributed by atoms with Crippen molar-refractivity contribution < 1.29 is 9.53 Å². The van der Waals surface area contributed by atoms with Crippen LogP contribution in [-0.4, -0.2) is 68.7 Å². The van der Waals surface area contributed by atoms with Gasteiger partial charge in [0.1, 0.15) is 0 Å². The topological polar surface area (TPSA) is 44.8 Å². The lowest BCUT2D eigenvalue weighted by molar-refractivity contribution is -0.149. The highest BCUT2D eigenvalue weighted by Crippen LogP contribution is 2.32. The third-order valence-corrected chi connectivity index (χ3v) is 5.58. The molecule has 2 fully saturated rings. The SMILES string of the molecule is COCC1(C(=O)N2CCN(Cc3cccc(C)c3)CC2)CCNCC1.Cl.Cl. The standard InChI is InChI=1S/C20H31N3O2.2ClH/c1-17-4-3-5-18(14-17)15-22-10-12-23(13-11-22)19(24)20(16-25-2)6-8-21-9-7-20;;/h3-5,14,21H,6-13,15-16H2,1-2H3;2*1H. The number of piperidine rings is 1. The average molecular weight is 418 g/mol. The number of nitrogens with zero attached hydrogens (tertiary/aromatic N) is 2. The molecule has 1 amide bonds. The van der Waals surface area contributed by atoms with E-state index in [1.165, 1.54) is 11.1 Å². The van der Waals surface area contributed by atoms with Gasteiger partial charge in [-0.05, 0) is 38.4 Å². The summed E-state index contributed by atoms with van der Waals surface area (Å²) in [5, 5.41) is 3.36. The van der Waals surface area contributed by atoms with Crippen LogP contribution in [0.3, 0.4) is 0 Å².